The van der Waals surface area contributed by atoms with Crippen LogP contribution in [-0.4, -0.2) is 16.7 Å². The molecule has 3 heteroatoms. The SMILES string of the molecule is OCc1cc2c(cn1)OCC=C2. The Morgan fingerprint density at radius 2 is 2.50 bits per heavy atom. The molecule has 2 rings (SSSR count). The van der Waals surface area contributed by atoms with Crippen molar-refractivity contribution >= 4 is 6.08 Å². The highest BCUT2D eigenvalue weighted by Gasteiger charge is 2.05. The molecule has 0 spiro atoms. The monoisotopic (exact) mass is 163 g/mol. The number of aliphatic hydroxyl groups is 1. The number of aromatic nitrogens is 1. The number of nitrogens with zero attached hydrogens (tertiary/aromatic N) is 1. The number of rotatable bonds is 1. The Bertz CT molecular complexity index is 320. The molecule has 0 radical (unpaired) electrons. The van der Waals surface area contributed by atoms with E-state index in [1.54, 1.807) is 6.20 Å². The third-order valence-electron chi connectivity index (χ3n) is 1.75. The Kier molecular flexibility index (Phi) is 1.80. The van der Waals surface area contributed by atoms with Gasteiger partial charge in [0.25, 0.3) is 0 Å². The zero-order valence-electron chi connectivity index (χ0n) is 6.53. The van der Waals surface area contributed by atoms with Crippen LogP contribution in [0, 0.1) is 0 Å². The highest BCUT2D eigenvalue weighted by Crippen LogP contribution is 2.22. The average molecular weight is 163 g/mol. The van der Waals surface area contributed by atoms with Gasteiger partial charge >= 0.3 is 0 Å². The summed E-state index contributed by atoms with van der Waals surface area (Å²) in [5.74, 6) is 0.787. The summed E-state index contributed by atoms with van der Waals surface area (Å²) in [6.45, 7) is 0.578. The molecule has 1 aromatic heterocycles. The largest absolute Gasteiger partial charge is 0.487 e. The third-order valence-corrected chi connectivity index (χ3v) is 1.75. The predicted molar refractivity (Wildman–Crippen MR) is 44.7 cm³/mol. The van der Waals surface area contributed by atoms with Crippen LogP contribution in [0.5, 0.6) is 5.75 Å². The Balaban J connectivity index is 2.44. The summed E-state index contributed by atoms with van der Waals surface area (Å²) < 4.78 is 5.29. The standard InChI is InChI=1S/C9H9NO2/c11-6-8-4-7-2-1-3-12-9(7)5-10-8/h1-2,4-5,11H,3,6H2. The summed E-state index contributed by atoms with van der Waals surface area (Å²) >= 11 is 0. The summed E-state index contributed by atoms with van der Waals surface area (Å²) in [4.78, 5) is 4.00. The van der Waals surface area contributed by atoms with E-state index >= 15 is 0 Å². The predicted octanol–water partition coefficient (Wildman–Crippen LogP) is 0.980. The van der Waals surface area contributed by atoms with Gasteiger partial charge in [-0.1, -0.05) is 6.08 Å². The van der Waals surface area contributed by atoms with E-state index in [4.69, 9.17) is 9.84 Å². The summed E-state index contributed by atoms with van der Waals surface area (Å²) in [5, 5.41) is 8.81. The van der Waals surface area contributed by atoms with Crippen molar-refractivity contribution in [3.63, 3.8) is 0 Å². The normalized spacial score (nSPS) is 13.8. The van der Waals surface area contributed by atoms with Crippen LogP contribution in [-0.2, 0) is 6.61 Å². The topological polar surface area (TPSA) is 42.4 Å². The van der Waals surface area contributed by atoms with Gasteiger partial charge in [0.1, 0.15) is 12.4 Å². The maximum Gasteiger partial charge on any atom is 0.145 e. The smallest absolute Gasteiger partial charge is 0.145 e. The molecule has 0 bridgehead atoms. The molecule has 0 atom stereocenters. The lowest BCUT2D eigenvalue weighted by Crippen LogP contribution is -2.02. The van der Waals surface area contributed by atoms with Crippen molar-refractivity contribution in [2.24, 2.45) is 0 Å². The first-order valence-corrected chi connectivity index (χ1v) is 3.79. The molecule has 0 amide bonds. The minimum Gasteiger partial charge on any atom is -0.487 e. The van der Waals surface area contributed by atoms with Crippen molar-refractivity contribution in [1.82, 2.24) is 4.98 Å². The molecular weight excluding hydrogens is 154 g/mol. The molecule has 1 aliphatic heterocycles. The maximum atomic E-state index is 8.81. The van der Waals surface area contributed by atoms with Gasteiger partial charge in [0.05, 0.1) is 18.5 Å². The van der Waals surface area contributed by atoms with Crippen LogP contribution in [0.3, 0.4) is 0 Å². The zero-order chi connectivity index (χ0) is 8.39. The van der Waals surface area contributed by atoms with Gasteiger partial charge in [-0.3, -0.25) is 4.98 Å². The molecule has 1 aliphatic rings. The van der Waals surface area contributed by atoms with Gasteiger partial charge in [0.2, 0.25) is 0 Å². The number of aliphatic hydroxyl groups excluding tert-OH is 1. The number of pyridine rings is 1. The first-order chi connectivity index (χ1) is 5.90. The second-order valence-electron chi connectivity index (χ2n) is 2.58. The molecule has 62 valence electrons. The molecule has 3 nitrogen and oxygen atoms in total. The number of hydrogen-bond acceptors (Lipinski definition) is 3. The van der Waals surface area contributed by atoms with Crippen LogP contribution in [0.15, 0.2) is 18.3 Å². The number of hydrogen-bond donors (Lipinski definition) is 1. The highest BCUT2D eigenvalue weighted by atomic mass is 16.5. The summed E-state index contributed by atoms with van der Waals surface area (Å²) in [6, 6.07) is 1.82. The van der Waals surface area contributed by atoms with E-state index in [9.17, 15) is 0 Å². The quantitative estimate of drug-likeness (QED) is 0.671. The molecule has 0 unspecified atom stereocenters. The second kappa shape index (κ2) is 2.95. The average Bonchev–Trinajstić information content (AvgIpc) is 2.17. The van der Waals surface area contributed by atoms with Crippen molar-refractivity contribution in [2.75, 3.05) is 6.61 Å². The van der Waals surface area contributed by atoms with Gasteiger partial charge in [0.15, 0.2) is 0 Å². The molecular formula is C9H9NO2. The Labute approximate surface area is 70.3 Å². The lowest BCUT2D eigenvalue weighted by atomic mass is 10.2. The summed E-state index contributed by atoms with van der Waals surface area (Å²) in [7, 11) is 0. The highest BCUT2D eigenvalue weighted by molar-refractivity contribution is 5.58. The van der Waals surface area contributed by atoms with Gasteiger partial charge < -0.3 is 9.84 Å². The zero-order valence-corrected chi connectivity index (χ0v) is 6.53. The minimum absolute atomic E-state index is 0.0267. The van der Waals surface area contributed by atoms with Crippen LogP contribution < -0.4 is 4.74 Å². The lowest BCUT2D eigenvalue weighted by molar-refractivity contribution is 0.276. The van der Waals surface area contributed by atoms with E-state index < -0.39 is 0 Å². The number of ether oxygens (including phenoxy) is 1. The van der Waals surface area contributed by atoms with Crippen molar-refractivity contribution in [1.29, 1.82) is 0 Å². The van der Waals surface area contributed by atoms with Crippen LogP contribution >= 0.6 is 0 Å². The van der Waals surface area contributed by atoms with Crippen molar-refractivity contribution in [3.8, 4) is 5.75 Å². The van der Waals surface area contributed by atoms with E-state index in [2.05, 4.69) is 4.98 Å². The van der Waals surface area contributed by atoms with Gasteiger partial charge in [-0.05, 0) is 12.1 Å². The molecule has 12 heavy (non-hydrogen) atoms. The van der Waals surface area contributed by atoms with Crippen molar-refractivity contribution in [2.45, 2.75) is 6.61 Å². The van der Waals surface area contributed by atoms with Gasteiger partial charge in [-0.15, -0.1) is 0 Å². The Morgan fingerprint density at radius 1 is 1.58 bits per heavy atom. The fourth-order valence-corrected chi connectivity index (χ4v) is 1.15. The molecule has 0 saturated carbocycles. The fourth-order valence-electron chi connectivity index (χ4n) is 1.15. The lowest BCUT2D eigenvalue weighted by Gasteiger charge is -2.11. The molecule has 0 saturated heterocycles. The molecule has 1 aromatic rings. The molecule has 0 aliphatic carbocycles. The maximum absolute atomic E-state index is 8.81. The second-order valence-corrected chi connectivity index (χ2v) is 2.58. The van der Waals surface area contributed by atoms with Crippen LogP contribution in [0.25, 0.3) is 6.08 Å². The Hall–Kier alpha value is -1.35. The fraction of sp³-hybridized carbons (Fsp3) is 0.222. The first kappa shape index (κ1) is 7.31. The van der Waals surface area contributed by atoms with E-state index in [0.29, 0.717) is 12.3 Å². The summed E-state index contributed by atoms with van der Waals surface area (Å²) in [5.41, 5.74) is 1.66. The van der Waals surface area contributed by atoms with Crippen LogP contribution in [0.4, 0.5) is 0 Å². The van der Waals surface area contributed by atoms with Crippen LogP contribution in [0.1, 0.15) is 11.3 Å². The first-order valence-electron chi connectivity index (χ1n) is 3.79. The van der Waals surface area contributed by atoms with E-state index in [1.165, 1.54) is 0 Å². The summed E-state index contributed by atoms with van der Waals surface area (Å²) in [6.07, 6.45) is 5.55. The Morgan fingerprint density at radius 3 is 3.33 bits per heavy atom. The van der Waals surface area contributed by atoms with E-state index in [1.807, 2.05) is 18.2 Å². The van der Waals surface area contributed by atoms with E-state index in [-0.39, 0.29) is 6.61 Å². The van der Waals surface area contributed by atoms with Gasteiger partial charge in [-0.25, -0.2) is 0 Å². The molecule has 1 N–H and O–H groups in total. The van der Waals surface area contributed by atoms with Gasteiger partial charge in [0, 0.05) is 5.56 Å². The number of fused-ring (bicyclic) bond motifs is 1. The van der Waals surface area contributed by atoms with Gasteiger partial charge in [-0.2, -0.15) is 0 Å². The van der Waals surface area contributed by atoms with Crippen molar-refractivity contribution in [3.05, 3.63) is 29.6 Å². The molecule has 2 heterocycles. The third kappa shape index (κ3) is 1.19. The van der Waals surface area contributed by atoms with Crippen molar-refractivity contribution < 1.29 is 9.84 Å². The molecule has 0 fully saturated rings. The van der Waals surface area contributed by atoms with Crippen LogP contribution in [0.2, 0.25) is 0 Å². The minimum atomic E-state index is -0.0267. The van der Waals surface area contributed by atoms with E-state index in [0.717, 1.165) is 11.3 Å². The molecule has 0 aromatic carbocycles.